The zero-order valence-electron chi connectivity index (χ0n) is 8.96. The van der Waals surface area contributed by atoms with Crippen molar-refractivity contribution in [3.05, 3.63) is 14.5 Å². The van der Waals surface area contributed by atoms with Crippen LogP contribution in [-0.4, -0.2) is 30.1 Å². The summed E-state index contributed by atoms with van der Waals surface area (Å²) >= 11 is 4.80. The summed E-state index contributed by atoms with van der Waals surface area (Å²) in [7, 11) is 0. The van der Waals surface area contributed by atoms with E-state index < -0.39 is 0 Å². The summed E-state index contributed by atoms with van der Waals surface area (Å²) in [5.41, 5.74) is 0.473. The van der Waals surface area contributed by atoms with E-state index in [2.05, 4.69) is 26.2 Å². The molecule has 1 atom stereocenters. The van der Waals surface area contributed by atoms with Crippen LogP contribution in [-0.2, 0) is 4.74 Å². The average molecular weight is 305 g/mol. The lowest BCUT2D eigenvalue weighted by molar-refractivity contribution is 0.0853. The number of nitrogens with one attached hydrogen (secondary N) is 1. The summed E-state index contributed by atoms with van der Waals surface area (Å²) in [5, 5.41) is 3.73. The first-order valence-corrected chi connectivity index (χ1v) is 6.80. The minimum Gasteiger partial charge on any atom is -0.376 e. The van der Waals surface area contributed by atoms with Crippen molar-refractivity contribution in [2.24, 2.45) is 0 Å². The van der Waals surface area contributed by atoms with Gasteiger partial charge in [0, 0.05) is 13.2 Å². The zero-order valence-corrected chi connectivity index (χ0v) is 11.4. The molecule has 1 aromatic heterocycles. The lowest BCUT2D eigenvalue weighted by atomic mass is 10.2. The highest BCUT2D eigenvalue weighted by Crippen LogP contribution is 2.24. The van der Waals surface area contributed by atoms with E-state index in [0.717, 1.165) is 28.2 Å². The second-order valence-corrected chi connectivity index (χ2v) is 6.22. The molecule has 0 aliphatic carbocycles. The molecule has 2 heterocycles. The second-order valence-electron chi connectivity index (χ2n) is 3.70. The van der Waals surface area contributed by atoms with Gasteiger partial charge in [-0.3, -0.25) is 4.79 Å². The van der Waals surface area contributed by atoms with Gasteiger partial charge >= 0.3 is 0 Å². The SMILES string of the molecule is Cc1nc(C(=O)NCC2CCCO2)c(Br)s1. The Morgan fingerprint density at radius 1 is 1.75 bits per heavy atom. The third-order valence-electron chi connectivity index (χ3n) is 2.42. The fourth-order valence-electron chi connectivity index (χ4n) is 1.64. The van der Waals surface area contributed by atoms with Crippen LogP contribution in [0.15, 0.2) is 3.79 Å². The molecular formula is C10H13BrN2O2S. The molecule has 1 aromatic rings. The number of aromatic nitrogens is 1. The Balaban J connectivity index is 1.90. The molecule has 4 nitrogen and oxygen atoms in total. The van der Waals surface area contributed by atoms with E-state index >= 15 is 0 Å². The fraction of sp³-hybridized carbons (Fsp3) is 0.600. The smallest absolute Gasteiger partial charge is 0.272 e. The van der Waals surface area contributed by atoms with E-state index in [-0.39, 0.29) is 12.0 Å². The highest BCUT2D eigenvalue weighted by molar-refractivity contribution is 9.11. The van der Waals surface area contributed by atoms with Crippen LogP contribution in [0.4, 0.5) is 0 Å². The lowest BCUT2D eigenvalue weighted by Gasteiger charge is -2.09. The summed E-state index contributed by atoms with van der Waals surface area (Å²) in [5.74, 6) is -0.133. The number of ether oxygens (including phenoxy) is 1. The topological polar surface area (TPSA) is 51.2 Å². The molecule has 1 aliphatic heterocycles. The van der Waals surface area contributed by atoms with E-state index in [1.54, 1.807) is 0 Å². The summed E-state index contributed by atoms with van der Waals surface area (Å²) in [4.78, 5) is 16.0. The van der Waals surface area contributed by atoms with Gasteiger partial charge in [-0.1, -0.05) is 0 Å². The van der Waals surface area contributed by atoms with Gasteiger partial charge in [0.25, 0.3) is 5.91 Å². The third kappa shape index (κ3) is 2.81. The van der Waals surface area contributed by atoms with Gasteiger partial charge in [0.2, 0.25) is 0 Å². The van der Waals surface area contributed by atoms with Gasteiger partial charge in [0.05, 0.1) is 11.1 Å². The minimum absolute atomic E-state index is 0.133. The van der Waals surface area contributed by atoms with Crippen LogP contribution in [0.2, 0.25) is 0 Å². The van der Waals surface area contributed by atoms with Gasteiger partial charge in [-0.25, -0.2) is 4.98 Å². The molecule has 1 aliphatic rings. The molecule has 88 valence electrons. The van der Waals surface area contributed by atoms with Crippen molar-refractivity contribution in [3.63, 3.8) is 0 Å². The van der Waals surface area contributed by atoms with Gasteiger partial charge < -0.3 is 10.1 Å². The number of aryl methyl sites for hydroxylation is 1. The van der Waals surface area contributed by atoms with Crippen molar-refractivity contribution < 1.29 is 9.53 Å². The Bertz CT molecular complexity index is 388. The molecule has 0 aromatic carbocycles. The molecule has 0 bridgehead atoms. The number of halogens is 1. The van der Waals surface area contributed by atoms with Gasteiger partial charge in [-0.15, -0.1) is 11.3 Å². The van der Waals surface area contributed by atoms with E-state index in [0.29, 0.717) is 12.2 Å². The third-order valence-corrected chi connectivity index (χ3v) is 4.04. The average Bonchev–Trinajstić information content (AvgIpc) is 2.84. The Morgan fingerprint density at radius 2 is 2.56 bits per heavy atom. The Hall–Kier alpha value is -0.460. The van der Waals surface area contributed by atoms with Crippen LogP contribution in [0, 0.1) is 6.92 Å². The number of carbonyl (C=O) groups is 1. The molecule has 1 fully saturated rings. The Kier molecular flexibility index (Phi) is 3.94. The molecule has 0 spiro atoms. The molecule has 1 saturated heterocycles. The lowest BCUT2D eigenvalue weighted by Crippen LogP contribution is -2.32. The number of carbonyl (C=O) groups excluding carboxylic acids is 1. The number of thiazole rings is 1. The number of amides is 1. The van der Waals surface area contributed by atoms with E-state index in [1.165, 1.54) is 11.3 Å². The first kappa shape index (κ1) is 12.0. The predicted molar refractivity (Wildman–Crippen MR) is 65.9 cm³/mol. The van der Waals surface area contributed by atoms with Crippen molar-refractivity contribution >= 4 is 33.2 Å². The van der Waals surface area contributed by atoms with Crippen LogP contribution in [0.5, 0.6) is 0 Å². The number of nitrogens with zero attached hydrogens (tertiary/aromatic N) is 1. The van der Waals surface area contributed by atoms with Crippen LogP contribution < -0.4 is 5.32 Å². The first-order chi connectivity index (χ1) is 7.66. The quantitative estimate of drug-likeness (QED) is 0.930. The zero-order chi connectivity index (χ0) is 11.5. The van der Waals surface area contributed by atoms with Crippen LogP contribution in [0.1, 0.15) is 28.3 Å². The van der Waals surface area contributed by atoms with Crippen LogP contribution >= 0.6 is 27.3 Å². The van der Waals surface area contributed by atoms with Crippen molar-refractivity contribution in [2.75, 3.05) is 13.2 Å². The summed E-state index contributed by atoms with van der Waals surface area (Å²) in [6.45, 7) is 3.26. The normalized spacial score (nSPS) is 20.0. The van der Waals surface area contributed by atoms with Gasteiger partial charge in [0.1, 0.15) is 3.79 Å². The molecule has 16 heavy (non-hydrogen) atoms. The van der Waals surface area contributed by atoms with Gasteiger partial charge in [0.15, 0.2) is 5.69 Å². The predicted octanol–water partition coefficient (Wildman–Crippen LogP) is 2.12. The minimum atomic E-state index is -0.133. The molecule has 0 saturated carbocycles. The molecule has 1 amide bonds. The Morgan fingerprint density at radius 3 is 3.12 bits per heavy atom. The van der Waals surface area contributed by atoms with Crippen molar-refractivity contribution in [3.8, 4) is 0 Å². The summed E-state index contributed by atoms with van der Waals surface area (Å²) in [6.07, 6.45) is 2.28. The van der Waals surface area contributed by atoms with Gasteiger partial charge in [-0.2, -0.15) is 0 Å². The van der Waals surface area contributed by atoms with Crippen molar-refractivity contribution in [2.45, 2.75) is 25.9 Å². The van der Waals surface area contributed by atoms with E-state index in [1.807, 2.05) is 6.92 Å². The van der Waals surface area contributed by atoms with Gasteiger partial charge in [-0.05, 0) is 35.7 Å². The maximum absolute atomic E-state index is 11.8. The molecular weight excluding hydrogens is 292 g/mol. The molecule has 2 rings (SSSR count). The Labute approximate surface area is 107 Å². The maximum Gasteiger partial charge on any atom is 0.272 e. The van der Waals surface area contributed by atoms with Crippen molar-refractivity contribution in [1.29, 1.82) is 0 Å². The number of hydrogen-bond acceptors (Lipinski definition) is 4. The highest BCUT2D eigenvalue weighted by Gasteiger charge is 2.19. The maximum atomic E-state index is 11.8. The standard InChI is InChI=1S/C10H13BrN2O2S/c1-6-13-8(9(11)16-6)10(14)12-5-7-3-2-4-15-7/h7H,2-5H2,1H3,(H,12,14). The molecule has 1 unspecified atom stereocenters. The molecule has 1 N–H and O–H groups in total. The summed E-state index contributed by atoms with van der Waals surface area (Å²) in [6, 6.07) is 0. The van der Waals surface area contributed by atoms with Crippen LogP contribution in [0.25, 0.3) is 0 Å². The monoisotopic (exact) mass is 304 g/mol. The molecule has 6 heteroatoms. The molecule has 0 radical (unpaired) electrons. The van der Waals surface area contributed by atoms with Crippen molar-refractivity contribution in [1.82, 2.24) is 10.3 Å². The number of hydrogen-bond donors (Lipinski definition) is 1. The van der Waals surface area contributed by atoms with E-state index in [9.17, 15) is 4.79 Å². The highest BCUT2D eigenvalue weighted by atomic mass is 79.9. The fourth-order valence-corrected chi connectivity index (χ4v) is 3.24. The first-order valence-electron chi connectivity index (χ1n) is 5.19. The summed E-state index contributed by atoms with van der Waals surface area (Å²) < 4.78 is 6.22. The van der Waals surface area contributed by atoms with Crippen LogP contribution in [0.3, 0.4) is 0 Å². The largest absolute Gasteiger partial charge is 0.376 e. The number of rotatable bonds is 3. The second kappa shape index (κ2) is 5.25. The van der Waals surface area contributed by atoms with E-state index in [4.69, 9.17) is 4.74 Å².